The normalized spacial score (nSPS) is 30.4. The second-order valence-corrected chi connectivity index (χ2v) is 6.75. The van der Waals surface area contributed by atoms with Crippen LogP contribution in [0.2, 0.25) is 0 Å². The van der Waals surface area contributed by atoms with Gasteiger partial charge < -0.3 is 25.7 Å². The minimum Gasteiger partial charge on any atom is -0.395 e. The highest BCUT2D eigenvalue weighted by atomic mass is 16.3. The van der Waals surface area contributed by atoms with Crippen LogP contribution in [0.25, 0.3) is 0 Å². The molecule has 132 valence electrons. The van der Waals surface area contributed by atoms with E-state index in [0.717, 1.165) is 12.8 Å². The van der Waals surface area contributed by atoms with Crippen molar-refractivity contribution in [1.82, 2.24) is 5.32 Å². The van der Waals surface area contributed by atoms with E-state index in [1.54, 1.807) is 0 Å². The number of rotatable bonds is 11. The topological polar surface area (TPSA) is 93.0 Å². The molecule has 1 fully saturated rings. The lowest BCUT2D eigenvalue weighted by Crippen LogP contribution is -2.59. The first-order valence-corrected chi connectivity index (χ1v) is 8.99. The van der Waals surface area contributed by atoms with Gasteiger partial charge in [0.15, 0.2) is 0 Å². The Morgan fingerprint density at radius 3 is 2.32 bits per heavy atom. The van der Waals surface area contributed by atoms with Crippen molar-refractivity contribution in [2.45, 2.75) is 102 Å². The van der Waals surface area contributed by atoms with Gasteiger partial charge in [-0.2, -0.15) is 0 Å². The summed E-state index contributed by atoms with van der Waals surface area (Å²) in [4.78, 5) is 0. The fourth-order valence-electron chi connectivity index (χ4n) is 3.28. The molecule has 3 unspecified atom stereocenters. The molecule has 0 spiro atoms. The largest absolute Gasteiger partial charge is 0.395 e. The summed E-state index contributed by atoms with van der Waals surface area (Å²) >= 11 is 0. The van der Waals surface area contributed by atoms with Crippen LogP contribution in [0, 0.1) is 0 Å². The molecular formula is C17H35NO4. The fourth-order valence-corrected chi connectivity index (χ4v) is 3.28. The van der Waals surface area contributed by atoms with E-state index in [0.29, 0.717) is 12.8 Å². The maximum Gasteiger partial charge on any atom is 0.0974 e. The number of unbranched alkanes of at least 4 members (excludes halogenated alkanes) is 6. The van der Waals surface area contributed by atoms with Crippen LogP contribution in [0.1, 0.15) is 71.1 Å². The first kappa shape index (κ1) is 19.8. The minimum absolute atomic E-state index is 0.0462. The van der Waals surface area contributed by atoms with Gasteiger partial charge in [-0.3, -0.25) is 0 Å². The quantitative estimate of drug-likeness (QED) is 0.371. The zero-order chi connectivity index (χ0) is 16.4. The summed E-state index contributed by atoms with van der Waals surface area (Å²) in [7, 11) is 0. The fraction of sp³-hybridized carbons (Fsp3) is 1.00. The number of piperidine rings is 1. The van der Waals surface area contributed by atoms with Gasteiger partial charge in [-0.1, -0.05) is 51.9 Å². The number of hydrogen-bond donors (Lipinski definition) is 5. The smallest absolute Gasteiger partial charge is 0.0974 e. The van der Waals surface area contributed by atoms with Gasteiger partial charge in [0.25, 0.3) is 0 Å². The van der Waals surface area contributed by atoms with E-state index in [2.05, 4.69) is 12.2 Å². The Kier molecular flexibility index (Phi) is 10.2. The molecule has 0 bridgehead atoms. The number of nitrogens with one attached hydrogen (secondary N) is 1. The molecule has 1 aliphatic heterocycles. The van der Waals surface area contributed by atoms with Gasteiger partial charge in [-0.05, 0) is 19.3 Å². The summed E-state index contributed by atoms with van der Waals surface area (Å²) in [6, 6.07) is -0.547. The molecule has 1 heterocycles. The number of aliphatic hydroxyl groups is 4. The zero-order valence-electron chi connectivity index (χ0n) is 14.0. The highest BCUT2D eigenvalue weighted by Gasteiger charge is 2.35. The second-order valence-electron chi connectivity index (χ2n) is 6.75. The van der Waals surface area contributed by atoms with Crippen molar-refractivity contribution in [3.05, 3.63) is 0 Å². The molecule has 5 atom stereocenters. The van der Waals surface area contributed by atoms with Crippen LogP contribution in [-0.2, 0) is 0 Å². The first-order valence-electron chi connectivity index (χ1n) is 8.99. The molecule has 0 aromatic rings. The Balaban J connectivity index is 2.12. The average molecular weight is 317 g/mol. The third-order valence-corrected chi connectivity index (χ3v) is 4.68. The highest BCUT2D eigenvalue weighted by Crippen LogP contribution is 2.20. The maximum atomic E-state index is 10.1. The number of hydrogen-bond acceptors (Lipinski definition) is 5. The summed E-state index contributed by atoms with van der Waals surface area (Å²) in [5.74, 6) is 0. The Morgan fingerprint density at radius 2 is 1.68 bits per heavy atom. The third kappa shape index (κ3) is 7.38. The molecular weight excluding hydrogens is 282 g/mol. The predicted molar refractivity (Wildman–Crippen MR) is 87.7 cm³/mol. The molecule has 5 heteroatoms. The zero-order valence-corrected chi connectivity index (χ0v) is 14.0. The molecule has 0 saturated carbocycles. The summed E-state index contributed by atoms with van der Waals surface area (Å²) < 4.78 is 0. The van der Waals surface area contributed by atoms with Gasteiger partial charge in [-0.15, -0.1) is 0 Å². The molecule has 22 heavy (non-hydrogen) atoms. The Bertz CT molecular complexity index is 277. The maximum absolute atomic E-state index is 10.1. The van der Waals surface area contributed by atoms with E-state index < -0.39 is 18.2 Å². The van der Waals surface area contributed by atoms with Gasteiger partial charge >= 0.3 is 0 Å². The lowest BCUT2D eigenvalue weighted by molar-refractivity contribution is -0.0559. The van der Waals surface area contributed by atoms with Crippen LogP contribution < -0.4 is 5.32 Å². The Morgan fingerprint density at radius 1 is 1.05 bits per heavy atom. The van der Waals surface area contributed by atoms with Crippen LogP contribution in [0.5, 0.6) is 0 Å². The van der Waals surface area contributed by atoms with Gasteiger partial charge in [0, 0.05) is 6.04 Å². The molecule has 0 aliphatic carbocycles. The highest BCUT2D eigenvalue weighted by molar-refractivity contribution is 4.92. The van der Waals surface area contributed by atoms with E-state index in [9.17, 15) is 20.4 Å². The van der Waals surface area contributed by atoms with Gasteiger partial charge in [0.05, 0.1) is 31.0 Å². The predicted octanol–water partition coefficient (Wildman–Crippen LogP) is 1.32. The van der Waals surface area contributed by atoms with Gasteiger partial charge in [-0.25, -0.2) is 0 Å². The molecule has 5 nitrogen and oxygen atoms in total. The summed E-state index contributed by atoms with van der Waals surface area (Å²) in [6.45, 7) is 2.01. The van der Waals surface area contributed by atoms with Crippen LogP contribution in [0.3, 0.4) is 0 Å². The average Bonchev–Trinajstić information content (AvgIpc) is 2.49. The van der Waals surface area contributed by atoms with E-state index in [-0.39, 0.29) is 18.8 Å². The van der Waals surface area contributed by atoms with Crippen molar-refractivity contribution in [2.75, 3.05) is 6.61 Å². The number of aliphatic hydroxyl groups excluding tert-OH is 4. The Hall–Kier alpha value is -0.200. The molecule has 0 aromatic carbocycles. The lowest BCUT2D eigenvalue weighted by Gasteiger charge is -2.38. The molecule has 1 aliphatic rings. The SMILES string of the molecule is CCCCCCCCCC(O)C[C@H]1CC(O)[C@@H](O)C(CO)N1. The first-order chi connectivity index (χ1) is 10.6. The van der Waals surface area contributed by atoms with Crippen molar-refractivity contribution >= 4 is 0 Å². The van der Waals surface area contributed by atoms with Crippen molar-refractivity contribution in [3.8, 4) is 0 Å². The second kappa shape index (κ2) is 11.4. The summed E-state index contributed by atoms with van der Waals surface area (Å²) in [5, 5.41) is 41.9. The molecule has 1 saturated heterocycles. The van der Waals surface area contributed by atoms with Crippen molar-refractivity contribution in [3.63, 3.8) is 0 Å². The van der Waals surface area contributed by atoms with E-state index in [4.69, 9.17) is 0 Å². The monoisotopic (exact) mass is 317 g/mol. The van der Waals surface area contributed by atoms with Crippen LogP contribution in [0.15, 0.2) is 0 Å². The van der Waals surface area contributed by atoms with Crippen LogP contribution in [-0.4, -0.2) is 57.4 Å². The van der Waals surface area contributed by atoms with Gasteiger partial charge in [0.1, 0.15) is 0 Å². The molecule has 5 N–H and O–H groups in total. The molecule has 0 radical (unpaired) electrons. The standard InChI is InChI=1S/C17H35NO4/c1-2-3-4-5-6-7-8-9-14(20)10-13-11-16(21)17(22)15(12-19)18-13/h13-22H,2-12H2,1H3/t13-,14?,15?,16?,17-/m0/s1. The minimum atomic E-state index is -0.929. The molecule has 1 rings (SSSR count). The summed E-state index contributed by atoms with van der Waals surface area (Å²) in [5.41, 5.74) is 0. The summed E-state index contributed by atoms with van der Waals surface area (Å²) in [6.07, 6.45) is 8.27. The van der Waals surface area contributed by atoms with Crippen LogP contribution >= 0.6 is 0 Å². The third-order valence-electron chi connectivity index (χ3n) is 4.68. The molecule has 0 aromatic heterocycles. The molecule has 0 amide bonds. The van der Waals surface area contributed by atoms with Gasteiger partial charge in [0.2, 0.25) is 0 Å². The van der Waals surface area contributed by atoms with Crippen LogP contribution in [0.4, 0.5) is 0 Å². The Labute approximate surface area is 134 Å². The van der Waals surface area contributed by atoms with E-state index in [1.807, 2.05) is 0 Å². The van der Waals surface area contributed by atoms with Crippen molar-refractivity contribution in [1.29, 1.82) is 0 Å². The lowest BCUT2D eigenvalue weighted by atomic mass is 9.89. The van der Waals surface area contributed by atoms with E-state index in [1.165, 1.54) is 38.5 Å². The van der Waals surface area contributed by atoms with Crippen molar-refractivity contribution in [2.24, 2.45) is 0 Å². The van der Waals surface area contributed by atoms with Crippen molar-refractivity contribution < 1.29 is 20.4 Å². The van der Waals surface area contributed by atoms with E-state index >= 15 is 0 Å².